The standard InChI is InChI=1S/C14H32O5Si2/c1-7-13(20-14(15-8-2)16-9-3)21(17-10-4,18-11-5)19-12-6/h13-14H,7-12H2,1-6H3. The van der Waals surface area contributed by atoms with Crippen molar-refractivity contribution in [3.05, 3.63) is 0 Å². The molecule has 0 N–H and O–H groups in total. The Morgan fingerprint density at radius 1 is 0.714 bits per heavy atom. The van der Waals surface area contributed by atoms with Gasteiger partial charge in [0.05, 0.1) is 0 Å². The quantitative estimate of drug-likeness (QED) is 0.360. The highest BCUT2D eigenvalue weighted by molar-refractivity contribution is 6.74. The predicted octanol–water partition coefficient (Wildman–Crippen LogP) is 2.83. The van der Waals surface area contributed by atoms with E-state index in [-0.39, 0.29) is 11.1 Å². The van der Waals surface area contributed by atoms with E-state index in [1.54, 1.807) is 0 Å². The van der Waals surface area contributed by atoms with Crippen LogP contribution in [-0.2, 0) is 22.8 Å². The zero-order chi connectivity index (χ0) is 16.1. The smallest absolute Gasteiger partial charge is 0.374 e. The zero-order valence-corrected chi connectivity index (χ0v) is 16.4. The third kappa shape index (κ3) is 7.36. The first-order valence-corrected chi connectivity index (χ1v) is 11.0. The Morgan fingerprint density at radius 3 is 1.43 bits per heavy atom. The number of hydrogen-bond acceptors (Lipinski definition) is 5. The molecular formula is C14H32O5Si2. The van der Waals surface area contributed by atoms with Gasteiger partial charge in [-0.25, -0.2) is 0 Å². The van der Waals surface area contributed by atoms with Crippen molar-refractivity contribution in [1.82, 2.24) is 0 Å². The molecule has 7 heteroatoms. The lowest BCUT2D eigenvalue weighted by Crippen LogP contribution is -2.54. The molecule has 5 nitrogen and oxygen atoms in total. The van der Waals surface area contributed by atoms with Crippen LogP contribution >= 0.6 is 0 Å². The van der Waals surface area contributed by atoms with E-state index in [4.69, 9.17) is 22.8 Å². The van der Waals surface area contributed by atoms with Crippen molar-refractivity contribution >= 4 is 18.3 Å². The molecule has 0 fully saturated rings. The third-order valence-electron chi connectivity index (χ3n) is 2.84. The zero-order valence-electron chi connectivity index (χ0n) is 14.4. The average Bonchev–Trinajstić information content (AvgIpc) is 2.45. The lowest BCUT2D eigenvalue weighted by Gasteiger charge is -2.35. The van der Waals surface area contributed by atoms with Gasteiger partial charge < -0.3 is 22.8 Å². The first kappa shape index (κ1) is 21.2. The summed E-state index contributed by atoms with van der Waals surface area (Å²) in [5.74, 6) is -0.196. The fraction of sp³-hybridized carbons (Fsp3) is 1.00. The van der Waals surface area contributed by atoms with Crippen molar-refractivity contribution < 1.29 is 22.8 Å². The van der Waals surface area contributed by atoms with Gasteiger partial charge in [0.15, 0.2) is 0 Å². The molecule has 0 saturated carbocycles. The van der Waals surface area contributed by atoms with Crippen LogP contribution in [0.1, 0.15) is 48.0 Å². The summed E-state index contributed by atoms with van der Waals surface area (Å²) in [5, 5.41) is 0.209. The van der Waals surface area contributed by atoms with E-state index < -0.39 is 8.80 Å². The van der Waals surface area contributed by atoms with Crippen LogP contribution in [0.25, 0.3) is 0 Å². The molecule has 0 bridgehead atoms. The Balaban J connectivity index is 5.06. The third-order valence-corrected chi connectivity index (χ3v) is 9.16. The fourth-order valence-corrected chi connectivity index (χ4v) is 7.74. The predicted molar refractivity (Wildman–Crippen MR) is 87.5 cm³/mol. The van der Waals surface area contributed by atoms with Gasteiger partial charge in [-0.2, -0.15) is 0 Å². The summed E-state index contributed by atoms with van der Waals surface area (Å²) in [5.41, 5.74) is 0. The topological polar surface area (TPSA) is 46.2 Å². The van der Waals surface area contributed by atoms with E-state index in [1.165, 1.54) is 0 Å². The van der Waals surface area contributed by atoms with Gasteiger partial charge >= 0.3 is 8.80 Å². The maximum atomic E-state index is 6.01. The first-order valence-electron chi connectivity index (χ1n) is 8.04. The van der Waals surface area contributed by atoms with E-state index in [2.05, 4.69) is 6.92 Å². The normalized spacial score (nSPS) is 13.9. The molecule has 0 amide bonds. The molecular weight excluding hydrogens is 304 g/mol. The Bertz CT molecular complexity index is 220. The molecule has 21 heavy (non-hydrogen) atoms. The van der Waals surface area contributed by atoms with Gasteiger partial charge in [0, 0.05) is 38.2 Å². The second-order valence-electron chi connectivity index (χ2n) is 4.27. The van der Waals surface area contributed by atoms with Gasteiger partial charge in [-0.3, -0.25) is 0 Å². The second-order valence-corrected chi connectivity index (χ2v) is 9.12. The van der Waals surface area contributed by atoms with E-state index in [9.17, 15) is 0 Å². The molecule has 0 aromatic rings. The fourth-order valence-electron chi connectivity index (χ4n) is 2.11. The van der Waals surface area contributed by atoms with Crippen LogP contribution in [0.5, 0.6) is 0 Å². The van der Waals surface area contributed by atoms with Crippen LogP contribution in [0.4, 0.5) is 0 Å². The minimum atomic E-state index is -2.69. The minimum absolute atomic E-state index is 0.196. The molecule has 0 aliphatic rings. The summed E-state index contributed by atoms with van der Waals surface area (Å²) < 4.78 is 29.4. The van der Waals surface area contributed by atoms with Crippen LogP contribution < -0.4 is 0 Å². The molecule has 0 saturated heterocycles. The van der Waals surface area contributed by atoms with Gasteiger partial charge in [-0.05, 0) is 34.6 Å². The number of rotatable bonds is 14. The van der Waals surface area contributed by atoms with E-state index in [1.807, 2.05) is 34.6 Å². The van der Waals surface area contributed by atoms with Crippen molar-refractivity contribution in [1.29, 1.82) is 0 Å². The van der Waals surface area contributed by atoms with Gasteiger partial charge in [0.2, 0.25) is 0 Å². The lowest BCUT2D eigenvalue weighted by molar-refractivity contribution is -0.0836. The van der Waals surface area contributed by atoms with Crippen molar-refractivity contribution in [2.24, 2.45) is 0 Å². The summed E-state index contributed by atoms with van der Waals surface area (Å²) in [6, 6.07) is 0. The van der Waals surface area contributed by atoms with Crippen LogP contribution in [0, 0.1) is 0 Å². The highest BCUT2D eigenvalue weighted by Gasteiger charge is 2.49. The lowest BCUT2D eigenvalue weighted by atomic mass is 10.6. The van der Waals surface area contributed by atoms with Crippen molar-refractivity contribution in [2.45, 2.75) is 59.0 Å². The summed E-state index contributed by atoms with van der Waals surface area (Å²) in [6.07, 6.45) is 0.932. The number of hydrogen-bond donors (Lipinski definition) is 0. The Kier molecular flexibility index (Phi) is 12.9. The summed E-state index contributed by atoms with van der Waals surface area (Å²) >= 11 is 0. The molecule has 0 aliphatic heterocycles. The number of ether oxygens (including phenoxy) is 2. The Labute approximate surface area is 133 Å². The van der Waals surface area contributed by atoms with E-state index in [0.29, 0.717) is 42.6 Å². The van der Waals surface area contributed by atoms with Crippen molar-refractivity contribution in [3.63, 3.8) is 0 Å². The molecule has 2 radical (unpaired) electrons. The van der Waals surface area contributed by atoms with Crippen molar-refractivity contribution in [2.75, 3.05) is 33.0 Å². The molecule has 0 aliphatic carbocycles. The first-order chi connectivity index (χ1) is 10.1. The molecule has 0 aromatic heterocycles. The molecule has 126 valence electrons. The average molecular weight is 337 g/mol. The largest absolute Gasteiger partial charge is 0.501 e. The molecule has 1 atom stereocenters. The maximum Gasteiger partial charge on any atom is 0.501 e. The van der Waals surface area contributed by atoms with Crippen LogP contribution in [0.15, 0.2) is 0 Å². The van der Waals surface area contributed by atoms with Gasteiger partial charge in [-0.1, -0.05) is 13.3 Å². The van der Waals surface area contributed by atoms with E-state index >= 15 is 0 Å². The van der Waals surface area contributed by atoms with Gasteiger partial charge in [-0.15, -0.1) is 0 Å². The molecule has 0 spiro atoms. The molecule has 0 heterocycles. The Hall–Kier alpha value is 0.234. The summed E-state index contributed by atoms with van der Waals surface area (Å²) in [4.78, 5) is 0. The highest BCUT2D eigenvalue weighted by atomic mass is 28.4. The van der Waals surface area contributed by atoms with Gasteiger partial charge in [0.25, 0.3) is 0 Å². The molecule has 0 aromatic carbocycles. The van der Waals surface area contributed by atoms with Crippen molar-refractivity contribution in [3.8, 4) is 0 Å². The van der Waals surface area contributed by atoms with Gasteiger partial charge in [0.1, 0.15) is 15.4 Å². The van der Waals surface area contributed by atoms with Crippen LogP contribution in [-0.4, -0.2) is 57.3 Å². The molecule has 0 rings (SSSR count). The summed E-state index contributed by atoms with van der Waals surface area (Å²) in [6.45, 7) is 15.1. The molecule has 1 unspecified atom stereocenters. The van der Waals surface area contributed by atoms with Crippen LogP contribution in [0.2, 0.25) is 5.16 Å². The monoisotopic (exact) mass is 336 g/mol. The highest BCUT2D eigenvalue weighted by Crippen LogP contribution is 2.29. The minimum Gasteiger partial charge on any atom is -0.374 e. The van der Waals surface area contributed by atoms with Crippen LogP contribution in [0.3, 0.4) is 0 Å². The Morgan fingerprint density at radius 2 is 1.14 bits per heavy atom. The van der Waals surface area contributed by atoms with E-state index in [0.717, 1.165) is 6.42 Å². The maximum absolute atomic E-state index is 6.01. The SMILES string of the molecule is CCOC(OCC)[Si]C(CC)[Si](OCC)(OCC)OCC. The summed E-state index contributed by atoms with van der Waals surface area (Å²) in [7, 11) is -2.24. The second kappa shape index (κ2) is 12.7.